The monoisotopic (exact) mass is 287 g/mol. The fourth-order valence-corrected chi connectivity index (χ4v) is 3.39. The van der Waals surface area contributed by atoms with E-state index in [2.05, 4.69) is 6.07 Å². The topological polar surface area (TPSA) is 42.2 Å². The molecule has 1 heterocycles. The lowest BCUT2D eigenvalue weighted by molar-refractivity contribution is -0.182. The second kappa shape index (κ2) is 5.59. The van der Waals surface area contributed by atoms with Crippen LogP contribution in [-0.2, 0) is 14.9 Å². The SMILES string of the molecule is N#C/C=C/C1(c2ccc(F)cc2)CCC2(CC1)OCCO2. The number of allylic oxidation sites excluding steroid dienone is 2. The molecule has 0 radical (unpaired) electrons. The zero-order chi connectivity index (χ0) is 14.8. The summed E-state index contributed by atoms with van der Waals surface area (Å²) in [6, 6.07) is 8.64. The number of nitrogens with zero attached hydrogens (tertiary/aromatic N) is 1. The fraction of sp³-hybridized carbons (Fsp3) is 0.471. The van der Waals surface area contributed by atoms with Crippen molar-refractivity contribution in [1.82, 2.24) is 0 Å². The number of nitriles is 1. The van der Waals surface area contributed by atoms with Gasteiger partial charge < -0.3 is 9.47 Å². The first-order chi connectivity index (χ1) is 10.2. The minimum atomic E-state index is -0.440. The molecule has 1 saturated heterocycles. The van der Waals surface area contributed by atoms with Crippen molar-refractivity contribution in [2.45, 2.75) is 36.9 Å². The van der Waals surface area contributed by atoms with Crippen molar-refractivity contribution in [2.75, 3.05) is 13.2 Å². The Morgan fingerprint density at radius 3 is 2.24 bits per heavy atom. The third-order valence-corrected chi connectivity index (χ3v) is 4.61. The van der Waals surface area contributed by atoms with Crippen molar-refractivity contribution >= 4 is 0 Å². The van der Waals surface area contributed by atoms with Crippen LogP contribution in [0.3, 0.4) is 0 Å². The maximum Gasteiger partial charge on any atom is 0.168 e. The molecule has 110 valence electrons. The number of rotatable bonds is 2. The first-order valence-corrected chi connectivity index (χ1v) is 7.29. The lowest BCUT2D eigenvalue weighted by Gasteiger charge is -2.42. The Labute approximate surface area is 124 Å². The van der Waals surface area contributed by atoms with Gasteiger partial charge in [0.25, 0.3) is 0 Å². The molecule has 2 fully saturated rings. The van der Waals surface area contributed by atoms with E-state index < -0.39 is 5.79 Å². The quantitative estimate of drug-likeness (QED) is 0.782. The molecule has 1 aliphatic heterocycles. The average molecular weight is 287 g/mol. The molecule has 3 nitrogen and oxygen atoms in total. The predicted molar refractivity (Wildman–Crippen MR) is 75.9 cm³/mol. The van der Waals surface area contributed by atoms with Gasteiger partial charge in [0.05, 0.1) is 19.3 Å². The summed E-state index contributed by atoms with van der Waals surface area (Å²) >= 11 is 0. The summed E-state index contributed by atoms with van der Waals surface area (Å²) in [6.07, 6.45) is 6.72. The normalized spacial score (nSPS) is 23.4. The lowest BCUT2D eigenvalue weighted by Crippen LogP contribution is -2.41. The van der Waals surface area contributed by atoms with Crippen molar-refractivity contribution in [1.29, 1.82) is 5.26 Å². The van der Waals surface area contributed by atoms with E-state index in [0.717, 1.165) is 31.2 Å². The van der Waals surface area contributed by atoms with Crippen LogP contribution in [0.5, 0.6) is 0 Å². The van der Waals surface area contributed by atoms with E-state index in [1.54, 1.807) is 0 Å². The molecular formula is C17H18FNO2. The number of ether oxygens (including phenoxy) is 2. The molecule has 1 spiro atoms. The summed E-state index contributed by atoms with van der Waals surface area (Å²) in [5.74, 6) is -0.683. The maximum absolute atomic E-state index is 13.2. The number of halogens is 1. The Hall–Kier alpha value is -1.70. The van der Waals surface area contributed by atoms with Crippen LogP contribution < -0.4 is 0 Å². The minimum Gasteiger partial charge on any atom is -0.348 e. The van der Waals surface area contributed by atoms with Gasteiger partial charge in [-0.2, -0.15) is 5.26 Å². The highest BCUT2D eigenvalue weighted by molar-refractivity contribution is 5.33. The van der Waals surface area contributed by atoms with E-state index in [1.807, 2.05) is 18.2 Å². The Morgan fingerprint density at radius 1 is 1.05 bits per heavy atom. The molecule has 0 bridgehead atoms. The molecule has 0 unspecified atom stereocenters. The van der Waals surface area contributed by atoms with Gasteiger partial charge in [-0.25, -0.2) is 4.39 Å². The van der Waals surface area contributed by atoms with Gasteiger partial charge in [-0.15, -0.1) is 0 Å². The van der Waals surface area contributed by atoms with E-state index in [1.165, 1.54) is 18.2 Å². The number of hydrogen-bond donors (Lipinski definition) is 0. The van der Waals surface area contributed by atoms with Crippen LogP contribution in [-0.4, -0.2) is 19.0 Å². The molecule has 21 heavy (non-hydrogen) atoms. The average Bonchev–Trinajstić information content (AvgIpc) is 2.97. The Kier molecular flexibility index (Phi) is 3.79. The van der Waals surface area contributed by atoms with Crippen LogP contribution in [0.4, 0.5) is 4.39 Å². The third kappa shape index (κ3) is 2.72. The third-order valence-electron chi connectivity index (χ3n) is 4.61. The summed E-state index contributed by atoms with van der Waals surface area (Å²) in [5, 5.41) is 8.86. The van der Waals surface area contributed by atoms with Gasteiger partial charge in [-0.3, -0.25) is 0 Å². The van der Waals surface area contributed by atoms with E-state index in [-0.39, 0.29) is 11.2 Å². The molecule has 0 amide bonds. The molecule has 1 aromatic rings. The Morgan fingerprint density at radius 2 is 1.67 bits per heavy atom. The fourth-order valence-electron chi connectivity index (χ4n) is 3.39. The predicted octanol–water partition coefficient (Wildman–Crippen LogP) is 3.46. The van der Waals surface area contributed by atoms with Crippen LogP contribution in [0.1, 0.15) is 31.2 Å². The van der Waals surface area contributed by atoms with Crippen molar-refractivity contribution in [3.63, 3.8) is 0 Å². The van der Waals surface area contributed by atoms with E-state index in [4.69, 9.17) is 14.7 Å². The van der Waals surface area contributed by atoms with Crippen molar-refractivity contribution < 1.29 is 13.9 Å². The molecule has 0 N–H and O–H groups in total. The summed E-state index contributed by atoms with van der Waals surface area (Å²) in [6.45, 7) is 1.30. The standard InChI is InChI=1S/C17H18FNO2/c18-15-4-2-14(3-5-15)16(6-1-11-19)7-9-17(10-8-16)20-12-13-21-17/h1-6H,7-10,12-13H2/b6-1+. The first kappa shape index (κ1) is 14.2. The number of benzene rings is 1. The summed E-state index contributed by atoms with van der Waals surface area (Å²) in [4.78, 5) is 0. The van der Waals surface area contributed by atoms with Gasteiger partial charge in [0.1, 0.15) is 5.82 Å². The summed E-state index contributed by atoms with van der Waals surface area (Å²) < 4.78 is 24.7. The lowest BCUT2D eigenvalue weighted by atomic mass is 9.67. The first-order valence-electron chi connectivity index (χ1n) is 7.29. The Balaban J connectivity index is 1.87. The van der Waals surface area contributed by atoms with Gasteiger partial charge in [0, 0.05) is 24.3 Å². The molecule has 1 aliphatic carbocycles. The smallest absolute Gasteiger partial charge is 0.168 e. The Bertz CT molecular complexity index is 557. The van der Waals surface area contributed by atoms with E-state index in [9.17, 15) is 4.39 Å². The van der Waals surface area contributed by atoms with Crippen LogP contribution in [0, 0.1) is 17.1 Å². The molecule has 0 aromatic heterocycles. The minimum absolute atomic E-state index is 0.232. The van der Waals surface area contributed by atoms with Gasteiger partial charge in [0.15, 0.2) is 5.79 Å². The highest BCUT2D eigenvalue weighted by Crippen LogP contribution is 2.47. The van der Waals surface area contributed by atoms with E-state index in [0.29, 0.717) is 13.2 Å². The van der Waals surface area contributed by atoms with Crippen molar-refractivity contribution in [2.24, 2.45) is 0 Å². The molecule has 1 aromatic carbocycles. The molecule has 3 rings (SSSR count). The highest BCUT2D eigenvalue weighted by Gasteiger charge is 2.45. The number of hydrogen-bond acceptors (Lipinski definition) is 3. The largest absolute Gasteiger partial charge is 0.348 e. The molecule has 0 atom stereocenters. The van der Waals surface area contributed by atoms with Crippen LogP contribution in [0.2, 0.25) is 0 Å². The maximum atomic E-state index is 13.2. The molecular weight excluding hydrogens is 269 g/mol. The van der Waals surface area contributed by atoms with Crippen LogP contribution in [0.25, 0.3) is 0 Å². The second-order valence-electron chi connectivity index (χ2n) is 5.73. The molecule has 1 saturated carbocycles. The van der Waals surface area contributed by atoms with Gasteiger partial charge in [-0.05, 0) is 30.5 Å². The van der Waals surface area contributed by atoms with Crippen LogP contribution >= 0.6 is 0 Å². The zero-order valence-corrected chi connectivity index (χ0v) is 11.8. The second-order valence-corrected chi connectivity index (χ2v) is 5.73. The summed E-state index contributed by atoms with van der Waals surface area (Å²) in [5.41, 5.74) is 0.813. The molecule has 4 heteroatoms. The van der Waals surface area contributed by atoms with Gasteiger partial charge in [0.2, 0.25) is 0 Å². The van der Waals surface area contributed by atoms with Gasteiger partial charge >= 0.3 is 0 Å². The molecule has 2 aliphatic rings. The zero-order valence-electron chi connectivity index (χ0n) is 11.8. The van der Waals surface area contributed by atoms with Crippen molar-refractivity contribution in [3.8, 4) is 6.07 Å². The highest BCUT2D eigenvalue weighted by atomic mass is 19.1. The van der Waals surface area contributed by atoms with Crippen molar-refractivity contribution in [3.05, 3.63) is 47.8 Å². The summed E-state index contributed by atoms with van der Waals surface area (Å²) in [7, 11) is 0. The van der Waals surface area contributed by atoms with E-state index >= 15 is 0 Å². The van der Waals surface area contributed by atoms with Crippen LogP contribution in [0.15, 0.2) is 36.4 Å². The van der Waals surface area contributed by atoms with Gasteiger partial charge in [-0.1, -0.05) is 18.2 Å².